The Morgan fingerprint density at radius 3 is 2.22 bits per heavy atom. The normalized spacial score (nSPS) is 13.0. The first kappa shape index (κ1) is 30.0. The predicted octanol–water partition coefficient (Wildman–Crippen LogP) is 4.75. The van der Waals surface area contributed by atoms with E-state index in [1.165, 1.54) is 24.1 Å². The largest absolute Gasteiger partial charge is 0.495 e. The molecule has 2 amide bonds. The molecular formula is C24H30Cl3N3O5S. The minimum Gasteiger partial charge on any atom is -0.495 e. The van der Waals surface area contributed by atoms with Crippen LogP contribution in [0.3, 0.4) is 0 Å². The average Bonchev–Trinajstić information content (AvgIpc) is 2.80. The van der Waals surface area contributed by atoms with E-state index in [1.807, 2.05) is 13.8 Å². The predicted molar refractivity (Wildman–Crippen MR) is 145 cm³/mol. The molecule has 0 aliphatic heterocycles. The number of amides is 2. The van der Waals surface area contributed by atoms with Crippen LogP contribution in [0.1, 0.15) is 32.8 Å². The number of carbonyl (C=O) groups is 2. The van der Waals surface area contributed by atoms with Crippen LogP contribution in [-0.2, 0) is 26.2 Å². The number of methoxy groups -OCH3 is 1. The summed E-state index contributed by atoms with van der Waals surface area (Å²) in [5.74, 6) is -0.835. The molecule has 0 saturated carbocycles. The SMILES string of the molecule is CC[C@H](C)NC(=O)[C@H](C)N(Cc1c(Cl)cccc1Cl)C(=O)CN(c1cc(Cl)ccc1OC)S(C)(=O)=O. The van der Waals surface area contributed by atoms with Gasteiger partial charge in [0.1, 0.15) is 18.3 Å². The maximum absolute atomic E-state index is 13.7. The number of nitrogens with one attached hydrogen (secondary N) is 1. The second-order valence-corrected chi connectivity index (χ2v) is 11.5. The number of sulfonamides is 1. The van der Waals surface area contributed by atoms with Crippen molar-refractivity contribution in [2.75, 3.05) is 24.2 Å². The van der Waals surface area contributed by atoms with Gasteiger partial charge in [-0.2, -0.15) is 0 Å². The Morgan fingerprint density at radius 1 is 1.08 bits per heavy atom. The fourth-order valence-electron chi connectivity index (χ4n) is 3.35. The van der Waals surface area contributed by atoms with Crippen LogP contribution in [0.15, 0.2) is 36.4 Å². The zero-order chi connectivity index (χ0) is 27.2. The first-order valence-electron chi connectivity index (χ1n) is 11.1. The Morgan fingerprint density at radius 2 is 1.69 bits per heavy atom. The van der Waals surface area contributed by atoms with Crippen molar-refractivity contribution in [3.63, 3.8) is 0 Å². The number of ether oxygens (including phenoxy) is 1. The van der Waals surface area contributed by atoms with E-state index in [-0.39, 0.29) is 29.0 Å². The fourth-order valence-corrected chi connectivity index (χ4v) is 4.88. The molecule has 1 N–H and O–H groups in total. The molecule has 0 bridgehead atoms. The zero-order valence-corrected chi connectivity index (χ0v) is 23.8. The highest BCUT2D eigenvalue weighted by Crippen LogP contribution is 2.33. The highest BCUT2D eigenvalue weighted by molar-refractivity contribution is 7.92. The van der Waals surface area contributed by atoms with Crippen molar-refractivity contribution in [2.24, 2.45) is 0 Å². The van der Waals surface area contributed by atoms with Gasteiger partial charge in [-0.3, -0.25) is 13.9 Å². The molecule has 0 saturated heterocycles. The summed E-state index contributed by atoms with van der Waals surface area (Å²) in [6.45, 7) is 4.60. The molecule has 0 spiro atoms. The number of hydrogen-bond acceptors (Lipinski definition) is 5. The van der Waals surface area contributed by atoms with Crippen LogP contribution in [0.25, 0.3) is 0 Å². The third-order valence-electron chi connectivity index (χ3n) is 5.65. The minimum atomic E-state index is -3.96. The van der Waals surface area contributed by atoms with Gasteiger partial charge in [0.2, 0.25) is 21.8 Å². The molecule has 0 heterocycles. The van der Waals surface area contributed by atoms with E-state index in [0.717, 1.165) is 10.6 Å². The van der Waals surface area contributed by atoms with Crippen molar-refractivity contribution in [3.05, 3.63) is 57.0 Å². The van der Waals surface area contributed by atoms with Gasteiger partial charge in [-0.1, -0.05) is 47.8 Å². The van der Waals surface area contributed by atoms with E-state index in [0.29, 0.717) is 22.0 Å². The fraction of sp³-hybridized carbons (Fsp3) is 0.417. The van der Waals surface area contributed by atoms with Crippen LogP contribution in [-0.4, -0.2) is 57.1 Å². The summed E-state index contributed by atoms with van der Waals surface area (Å²) in [5, 5.41) is 3.73. The van der Waals surface area contributed by atoms with Crippen molar-refractivity contribution in [3.8, 4) is 5.75 Å². The monoisotopic (exact) mass is 577 g/mol. The molecular weight excluding hydrogens is 549 g/mol. The Hall–Kier alpha value is -2.20. The van der Waals surface area contributed by atoms with Gasteiger partial charge in [0.05, 0.1) is 19.1 Å². The quantitative estimate of drug-likeness (QED) is 0.415. The maximum Gasteiger partial charge on any atom is 0.244 e. The molecule has 0 fully saturated rings. The number of benzene rings is 2. The van der Waals surface area contributed by atoms with Gasteiger partial charge >= 0.3 is 0 Å². The summed E-state index contributed by atoms with van der Waals surface area (Å²) in [7, 11) is -2.58. The molecule has 2 rings (SSSR count). The summed E-state index contributed by atoms with van der Waals surface area (Å²) in [6.07, 6.45) is 1.66. The lowest BCUT2D eigenvalue weighted by molar-refractivity contribution is -0.139. The van der Waals surface area contributed by atoms with Crippen LogP contribution in [0.5, 0.6) is 5.75 Å². The summed E-state index contributed by atoms with van der Waals surface area (Å²) >= 11 is 18.8. The number of rotatable bonds is 11. The first-order valence-corrected chi connectivity index (χ1v) is 14.1. The van der Waals surface area contributed by atoms with Gasteiger partial charge in [0, 0.05) is 33.2 Å². The van der Waals surface area contributed by atoms with Crippen LogP contribution in [0.2, 0.25) is 15.1 Å². The lowest BCUT2D eigenvalue weighted by atomic mass is 10.1. The highest BCUT2D eigenvalue weighted by atomic mass is 35.5. The van der Waals surface area contributed by atoms with E-state index >= 15 is 0 Å². The van der Waals surface area contributed by atoms with Crippen LogP contribution in [0, 0.1) is 0 Å². The van der Waals surface area contributed by atoms with Crippen molar-refractivity contribution in [2.45, 2.75) is 45.8 Å². The molecule has 2 aromatic rings. The van der Waals surface area contributed by atoms with Crippen molar-refractivity contribution < 1.29 is 22.7 Å². The van der Waals surface area contributed by atoms with E-state index in [4.69, 9.17) is 39.5 Å². The van der Waals surface area contributed by atoms with Gasteiger partial charge in [-0.05, 0) is 50.6 Å². The maximum atomic E-state index is 13.7. The third kappa shape index (κ3) is 7.65. The summed E-state index contributed by atoms with van der Waals surface area (Å²) in [4.78, 5) is 27.9. The molecule has 0 aliphatic carbocycles. The Bertz CT molecular complexity index is 1190. The lowest BCUT2D eigenvalue weighted by Crippen LogP contribution is -2.52. The second-order valence-electron chi connectivity index (χ2n) is 8.30. The van der Waals surface area contributed by atoms with Crippen LogP contribution < -0.4 is 14.4 Å². The Kier molecular flexibility index (Phi) is 10.7. The minimum absolute atomic E-state index is 0.0910. The Labute approximate surface area is 227 Å². The number of hydrogen-bond donors (Lipinski definition) is 1. The van der Waals surface area contributed by atoms with Gasteiger partial charge in [-0.25, -0.2) is 8.42 Å². The summed E-state index contributed by atoms with van der Waals surface area (Å²) in [5.41, 5.74) is 0.525. The standard InChI is InChI=1S/C24H30Cl3N3O5S/c1-6-15(2)28-24(32)16(3)29(13-18-19(26)8-7-9-20(18)27)23(31)14-30(36(5,33)34)21-12-17(25)10-11-22(21)35-4/h7-12,15-16H,6,13-14H2,1-5H3,(H,28,32)/t15-,16-/m0/s1. The summed E-state index contributed by atoms with van der Waals surface area (Å²) < 4.78 is 31.7. The smallest absolute Gasteiger partial charge is 0.244 e. The molecule has 0 aromatic heterocycles. The van der Waals surface area contributed by atoms with Gasteiger partial charge < -0.3 is 15.0 Å². The first-order chi connectivity index (χ1) is 16.8. The Balaban J connectivity index is 2.52. The van der Waals surface area contributed by atoms with E-state index in [9.17, 15) is 18.0 Å². The molecule has 2 atom stereocenters. The van der Waals surface area contributed by atoms with E-state index < -0.39 is 34.4 Å². The number of anilines is 1. The summed E-state index contributed by atoms with van der Waals surface area (Å²) in [6, 6.07) is 8.26. The van der Waals surface area contributed by atoms with Crippen molar-refractivity contribution in [1.82, 2.24) is 10.2 Å². The van der Waals surface area contributed by atoms with Crippen LogP contribution in [0.4, 0.5) is 5.69 Å². The highest BCUT2D eigenvalue weighted by Gasteiger charge is 2.32. The number of nitrogens with zero attached hydrogens (tertiary/aromatic N) is 2. The van der Waals surface area contributed by atoms with E-state index in [2.05, 4.69) is 5.32 Å². The molecule has 0 radical (unpaired) electrons. The zero-order valence-electron chi connectivity index (χ0n) is 20.7. The molecule has 36 heavy (non-hydrogen) atoms. The number of halogens is 3. The van der Waals surface area contributed by atoms with E-state index in [1.54, 1.807) is 31.2 Å². The molecule has 198 valence electrons. The lowest BCUT2D eigenvalue weighted by Gasteiger charge is -2.32. The van der Waals surface area contributed by atoms with Crippen molar-refractivity contribution in [1.29, 1.82) is 0 Å². The molecule has 8 nitrogen and oxygen atoms in total. The molecule has 0 aliphatic rings. The van der Waals surface area contributed by atoms with Crippen molar-refractivity contribution >= 4 is 62.3 Å². The second kappa shape index (κ2) is 12.9. The molecule has 2 aromatic carbocycles. The van der Waals surface area contributed by atoms with Gasteiger partial charge in [-0.15, -0.1) is 0 Å². The number of carbonyl (C=O) groups excluding carboxylic acids is 2. The molecule has 12 heteroatoms. The van der Waals surface area contributed by atoms with Crippen LogP contribution >= 0.6 is 34.8 Å². The molecule has 0 unspecified atom stereocenters. The topological polar surface area (TPSA) is 96.0 Å². The van der Waals surface area contributed by atoms with Gasteiger partial charge in [0.25, 0.3) is 0 Å². The average molecular weight is 579 g/mol. The third-order valence-corrected chi connectivity index (χ3v) is 7.72. The van der Waals surface area contributed by atoms with Gasteiger partial charge in [0.15, 0.2) is 0 Å².